The average molecular weight is 273 g/mol. The molecule has 7 heteroatoms. The number of aromatic amines is 1. The van der Waals surface area contributed by atoms with Crippen LogP contribution in [0.3, 0.4) is 0 Å². The zero-order valence-corrected chi connectivity index (χ0v) is 10.7. The first kappa shape index (κ1) is 13.5. The van der Waals surface area contributed by atoms with Crippen LogP contribution in [0.2, 0.25) is 0 Å². The number of carbonyl (C=O) groups is 1. The lowest BCUT2D eigenvalue weighted by Crippen LogP contribution is -2.01. The Hall–Kier alpha value is -2.88. The molecule has 1 aromatic carbocycles. The molecule has 2 aromatic rings. The molecule has 0 saturated heterocycles. The van der Waals surface area contributed by atoms with E-state index in [0.717, 1.165) is 0 Å². The molecule has 0 aliphatic heterocycles. The number of hydrogen-bond donors (Lipinski definition) is 1. The van der Waals surface area contributed by atoms with E-state index in [-0.39, 0.29) is 17.6 Å². The van der Waals surface area contributed by atoms with Gasteiger partial charge in [-0.25, -0.2) is 0 Å². The van der Waals surface area contributed by atoms with Crippen LogP contribution in [0, 0.1) is 22.0 Å². The molecule has 2 rings (SSSR count). The van der Waals surface area contributed by atoms with Crippen molar-refractivity contribution in [2.24, 2.45) is 0 Å². The molecule has 0 unspecified atom stereocenters. The Balaban J connectivity index is 2.29. The highest BCUT2D eigenvalue weighted by Gasteiger charge is 2.15. The minimum atomic E-state index is -0.501. The number of carbonyl (C=O) groups excluding carboxylic acids is 1. The lowest BCUT2D eigenvalue weighted by Gasteiger charge is -1.94. The fourth-order valence-electron chi connectivity index (χ4n) is 1.68. The summed E-state index contributed by atoms with van der Waals surface area (Å²) in [6.45, 7) is 2.02. The van der Waals surface area contributed by atoms with Gasteiger partial charge in [-0.05, 0) is 18.9 Å². The molecule has 0 aliphatic rings. The molecule has 0 amide bonds. The predicted molar refractivity (Wildman–Crippen MR) is 70.9 cm³/mol. The van der Waals surface area contributed by atoms with Crippen LogP contribution in [0.15, 0.2) is 18.2 Å². The number of nitrogens with zero attached hydrogens (tertiary/aromatic N) is 2. The number of non-ortho nitro benzene ring substituents is 1. The van der Waals surface area contributed by atoms with Crippen molar-refractivity contribution in [3.05, 3.63) is 34.0 Å². The maximum Gasteiger partial charge on any atom is 0.317 e. The number of para-hydroxylation sites is 1. The second-order valence-corrected chi connectivity index (χ2v) is 3.81. The van der Waals surface area contributed by atoms with Crippen molar-refractivity contribution in [1.29, 1.82) is 0 Å². The monoisotopic (exact) mass is 273 g/mol. The number of aromatic nitrogens is 2. The largest absolute Gasteiger partial charge is 0.465 e. The zero-order chi connectivity index (χ0) is 14.5. The van der Waals surface area contributed by atoms with Gasteiger partial charge in [-0.15, -0.1) is 0 Å². The van der Waals surface area contributed by atoms with Crippen LogP contribution in [-0.2, 0) is 9.53 Å². The summed E-state index contributed by atoms with van der Waals surface area (Å²) in [6.07, 6.45) is -0.0384. The molecule has 0 radical (unpaired) electrons. The summed E-state index contributed by atoms with van der Waals surface area (Å²) in [5.74, 6) is 4.97. The molecule has 0 spiro atoms. The van der Waals surface area contributed by atoms with E-state index in [9.17, 15) is 14.9 Å². The minimum absolute atomic E-state index is 0.0384. The van der Waals surface area contributed by atoms with E-state index in [0.29, 0.717) is 17.7 Å². The molecular formula is C13H11N3O4. The Morgan fingerprint density at radius 2 is 2.35 bits per heavy atom. The number of esters is 1. The Bertz CT molecular complexity index is 724. The third-order valence-electron chi connectivity index (χ3n) is 2.51. The van der Waals surface area contributed by atoms with E-state index in [1.807, 2.05) is 0 Å². The molecule has 102 valence electrons. The van der Waals surface area contributed by atoms with Gasteiger partial charge < -0.3 is 4.74 Å². The molecule has 20 heavy (non-hydrogen) atoms. The summed E-state index contributed by atoms with van der Waals surface area (Å²) in [6, 6.07) is 4.62. The normalized spacial score (nSPS) is 9.85. The van der Waals surface area contributed by atoms with Crippen molar-refractivity contribution in [1.82, 2.24) is 10.2 Å². The first-order valence-corrected chi connectivity index (χ1v) is 5.89. The number of benzene rings is 1. The number of fused-ring (bicyclic) bond motifs is 1. The van der Waals surface area contributed by atoms with Gasteiger partial charge in [-0.2, -0.15) is 5.10 Å². The third-order valence-corrected chi connectivity index (χ3v) is 2.51. The van der Waals surface area contributed by atoms with Gasteiger partial charge >= 0.3 is 5.97 Å². The molecule has 0 saturated carbocycles. The summed E-state index contributed by atoms with van der Waals surface area (Å²) >= 11 is 0. The first-order chi connectivity index (χ1) is 9.63. The van der Waals surface area contributed by atoms with Gasteiger partial charge in [0.25, 0.3) is 5.69 Å². The van der Waals surface area contributed by atoms with Crippen molar-refractivity contribution in [2.75, 3.05) is 6.61 Å². The average Bonchev–Trinajstić information content (AvgIpc) is 2.82. The van der Waals surface area contributed by atoms with Crippen LogP contribution in [0.25, 0.3) is 10.9 Å². The Kier molecular flexibility index (Phi) is 3.96. The third kappa shape index (κ3) is 2.75. The number of nitrogens with one attached hydrogen (secondary N) is 1. The van der Waals surface area contributed by atoms with Gasteiger partial charge in [-0.1, -0.05) is 12.0 Å². The summed E-state index contributed by atoms with van der Waals surface area (Å²) in [4.78, 5) is 21.5. The van der Waals surface area contributed by atoms with Crippen molar-refractivity contribution >= 4 is 22.6 Å². The molecule has 7 nitrogen and oxygen atoms in total. The van der Waals surface area contributed by atoms with Gasteiger partial charge in [0.2, 0.25) is 0 Å². The fraction of sp³-hybridized carbons (Fsp3) is 0.231. The van der Waals surface area contributed by atoms with Crippen molar-refractivity contribution in [3.63, 3.8) is 0 Å². The summed E-state index contributed by atoms with van der Waals surface area (Å²) < 4.78 is 4.74. The van der Waals surface area contributed by atoms with E-state index < -0.39 is 10.9 Å². The number of H-pyrrole nitrogens is 1. The molecule has 1 N–H and O–H groups in total. The standard InChI is InChI=1S/C13H11N3O4/c1-2-20-12(17)8-4-6-10-9-5-3-7-11(16(18)19)13(9)15-14-10/h3,5,7H,2,8H2,1H3,(H,14,15). The SMILES string of the molecule is CCOC(=O)CC#Cc1[nH]nc2c([N+](=O)[O-])cccc12. The Morgan fingerprint density at radius 1 is 1.55 bits per heavy atom. The van der Waals surface area contributed by atoms with Crippen LogP contribution in [0.1, 0.15) is 19.0 Å². The van der Waals surface area contributed by atoms with Crippen molar-refractivity contribution in [3.8, 4) is 11.8 Å². The second kappa shape index (κ2) is 5.84. The van der Waals surface area contributed by atoms with Gasteiger partial charge in [-0.3, -0.25) is 20.0 Å². The highest BCUT2D eigenvalue weighted by molar-refractivity contribution is 5.91. The smallest absolute Gasteiger partial charge is 0.317 e. The molecule has 0 fully saturated rings. The van der Waals surface area contributed by atoms with E-state index in [4.69, 9.17) is 4.74 Å². The molecule has 0 atom stereocenters. The number of nitro groups is 1. The zero-order valence-electron chi connectivity index (χ0n) is 10.7. The topological polar surface area (TPSA) is 98.1 Å². The van der Waals surface area contributed by atoms with Crippen LogP contribution in [0.5, 0.6) is 0 Å². The molecule has 0 aliphatic carbocycles. The van der Waals surface area contributed by atoms with Gasteiger partial charge in [0.1, 0.15) is 12.1 Å². The molecule has 0 bridgehead atoms. The quantitative estimate of drug-likeness (QED) is 0.398. The molecule has 1 heterocycles. The van der Waals surface area contributed by atoms with E-state index in [1.54, 1.807) is 19.1 Å². The fourth-order valence-corrected chi connectivity index (χ4v) is 1.68. The molecule has 1 aromatic heterocycles. The van der Waals surface area contributed by atoms with Crippen LogP contribution in [0.4, 0.5) is 5.69 Å². The maximum atomic E-state index is 11.1. The minimum Gasteiger partial charge on any atom is -0.465 e. The Labute approximate surface area is 114 Å². The molecular weight excluding hydrogens is 262 g/mol. The van der Waals surface area contributed by atoms with Gasteiger partial charge in [0, 0.05) is 11.5 Å². The van der Waals surface area contributed by atoms with Crippen molar-refractivity contribution < 1.29 is 14.5 Å². The number of hydrogen-bond acceptors (Lipinski definition) is 5. The maximum absolute atomic E-state index is 11.1. The first-order valence-electron chi connectivity index (χ1n) is 5.89. The van der Waals surface area contributed by atoms with E-state index in [2.05, 4.69) is 22.0 Å². The van der Waals surface area contributed by atoms with Crippen LogP contribution >= 0.6 is 0 Å². The van der Waals surface area contributed by atoms with Gasteiger partial charge in [0.05, 0.1) is 11.5 Å². The number of rotatable bonds is 3. The summed E-state index contributed by atoms with van der Waals surface area (Å²) in [5, 5.41) is 17.9. The van der Waals surface area contributed by atoms with Crippen LogP contribution < -0.4 is 0 Å². The van der Waals surface area contributed by atoms with E-state index in [1.165, 1.54) is 6.07 Å². The second-order valence-electron chi connectivity index (χ2n) is 3.81. The highest BCUT2D eigenvalue weighted by Crippen LogP contribution is 2.24. The number of nitro benzene ring substituents is 1. The van der Waals surface area contributed by atoms with Gasteiger partial charge in [0.15, 0.2) is 5.52 Å². The van der Waals surface area contributed by atoms with E-state index >= 15 is 0 Å². The van der Waals surface area contributed by atoms with Crippen LogP contribution in [-0.4, -0.2) is 27.7 Å². The highest BCUT2D eigenvalue weighted by atomic mass is 16.6. The lowest BCUT2D eigenvalue weighted by atomic mass is 10.2. The van der Waals surface area contributed by atoms with Crippen molar-refractivity contribution in [2.45, 2.75) is 13.3 Å². The summed E-state index contributed by atoms with van der Waals surface area (Å²) in [7, 11) is 0. The Morgan fingerprint density at radius 3 is 3.05 bits per heavy atom. The predicted octanol–water partition coefficient (Wildman–Crippen LogP) is 1.78. The lowest BCUT2D eigenvalue weighted by molar-refractivity contribution is -0.383. The summed E-state index contributed by atoms with van der Waals surface area (Å²) in [5.41, 5.74) is 0.600. The number of ether oxygens (including phenoxy) is 1.